The summed E-state index contributed by atoms with van der Waals surface area (Å²) in [6, 6.07) is -1.12. The van der Waals surface area contributed by atoms with E-state index in [0.29, 0.717) is 0 Å². The van der Waals surface area contributed by atoms with E-state index < -0.39 is 35.4 Å². The van der Waals surface area contributed by atoms with Crippen molar-refractivity contribution in [3.63, 3.8) is 0 Å². The molecule has 0 saturated carbocycles. The minimum Gasteiger partial charge on any atom is -0.351 e. The molecule has 2 aromatic heterocycles. The summed E-state index contributed by atoms with van der Waals surface area (Å²) < 4.78 is 3.83. The van der Waals surface area contributed by atoms with Crippen LogP contribution in [-0.2, 0) is 25.4 Å². The molecular weight excluding hydrogens is 368 g/mol. The number of nitrogens with zero attached hydrogens (tertiary/aromatic N) is 8. The van der Waals surface area contributed by atoms with E-state index in [2.05, 4.69) is 9.98 Å². The number of amides is 3. The van der Waals surface area contributed by atoms with E-state index in [9.17, 15) is 19.2 Å². The van der Waals surface area contributed by atoms with Gasteiger partial charge in [0, 0.05) is 41.3 Å². The highest BCUT2D eigenvalue weighted by Crippen LogP contribution is 2.24. The maximum atomic E-state index is 12.8. The molecule has 0 aliphatic carbocycles. The topological polar surface area (TPSA) is 118 Å². The second-order valence-corrected chi connectivity index (χ2v) is 7.00. The first-order chi connectivity index (χ1) is 13.2. The maximum Gasteiger partial charge on any atom is 0.332 e. The van der Waals surface area contributed by atoms with Crippen molar-refractivity contribution in [3.8, 4) is 0 Å². The standard InChI is InChI=1S/C16H20N8O4/c1-19-7-17-11-9(19)13(25)23(15(27)21(11)3)5-6-24-14(26)10-12(18-8-20(10)2)22(4)16(24)28/h7-9,11H,5-6H2,1-4H3/t9-,11-/m1/s1. The first kappa shape index (κ1) is 17.9. The SMILES string of the molecule is CN1C=N[C@H]2[C@@H]1C(=O)N(CCn1c(=O)c3c(ncn3C)n(C)c1=O)C(=O)N2C. The Kier molecular flexibility index (Phi) is 3.87. The van der Waals surface area contributed by atoms with Crippen LogP contribution in [0.3, 0.4) is 0 Å². The number of hydrogen-bond acceptors (Lipinski definition) is 7. The van der Waals surface area contributed by atoms with Crippen LogP contribution in [0.15, 0.2) is 20.9 Å². The average molecular weight is 388 g/mol. The Hall–Kier alpha value is -3.44. The van der Waals surface area contributed by atoms with Gasteiger partial charge in [0.15, 0.2) is 23.4 Å². The molecule has 0 N–H and O–H groups in total. The number of urea groups is 1. The highest BCUT2D eigenvalue weighted by molar-refractivity contribution is 6.02. The number of aryl methyl sites for hydroxylation is 2. The zero-order valence-electron chi connectivity index (χ0n) is 15.9. The van der Waals surface area contributed by atoms with E-state index in [1.807, 2.05) is 0 Å². The van der Waals surface area contributed by atoms with Gasteiger partial charge in [-0.2, -0.15) is 0 Å². The molecule has 148 valence electrons. The Morgan fingerprint density at radius 3 is 2.46 bits per heavy atom. The van der Waals surface area contributed by atoms with Gasteiger partial charge < -0.3 is 14.4 Å². The lowest BCUT2D eigenvalue weighted by atomic mass is 10.1. The lowest BCUT2D eigenvalue weighted by molar-refractivity contribution is -0.137. The number of hydrogen-bond donors (Lipinski definition) is 0. The van der Waals surface area contributed by atoms with E-state index >= 15 is 0 Å². The third-order valence-electron chi connectivity index (χ3n) is 5.32. The molecule has 2 atom stereocenters. The van der Waals surface area contributed by atoms with Gasteiger partial charge in [0.1, 0.15) is 0 Å². The van der Waals surface area contributed by atoms with Crippen molar-refractivity contribution < 1.29 is 9.59 Å². The predicted octanol–water partition coefficient (Wildman–Crippen LogP) is -2.00. The van der Waals surface area contributed by atoms with Crippen molar-refractivity contribution in [3.05, 3.63) is 27.2 Å². The zero-order chi connectivity index (χ0) is 20.3. The normalized spacial score (nSPS) is 21.9. The highest BCUT2D eigenvalue weighted by Gasteiger charge is 2.48. The third kappa shape index (κ3) is 2.30. The summed E-state index contributed by atoms with van der Waals surface area (Å²) in [4.78, 5) is 63.2. The maximum absolute atomic E-state index is 12.8. The van der Waals surface area contributed by atoms with Gasteiger partial charge in [-0.15, -0.1) is 0 Å². The van der Waals surface area contributed by atoms with Crippen molar-refractivity contribution in [1.82, 2.24) is 33.4 Å². The smallest absolute Gasteiger partial charge is 0.332 e. The van der Waals surface area contributed by atoms with Gasteiger partial charge in [-0.3, -0.25) is 23.6 Å². The van der Waals surface area contributed by atoms with Gasteiger partial charge in [-0.05, 0) is 0 Å². The van der Waals surface area contributed by atoms with Crippen LogP contribution in [-0.4, -0.2) is 84.5 Å². The Balaban J connectivity index is 1.67. The van der Waals surface area contributed by atoms with Gasteiger partial charge in [0.2, 0.25) is 0 Å². The van der Waals surface area contributed by atoms with Crippen molar-refractivity contribution in [2.45, 2.75) is 18.8 Å². The van der Waals surface area contributed by atoms with E-state index in [0.717, 1.165) is 9.47 Å². The number of imide groups is 1. The van der Waals surface area contributed by atoms with Gasteiger partial charge in [-0.1, -0.05) is 0 Å². The van der Waals surface area contributed by atoms with E-state index in [-0.39, 0.29) is 24.3 Å². The Labute approximate surface area is 158 Å². The molecule has 1 fully saturated rings. The summed E-state index contributed by atoms with van der Waals surface area (Å²) in [6.45, 7) is -0.211. The van der Waals surface area contributed by atoms with Crippen LogP contribution >= 0.6 is 0 Å². The number of rotatable bonds is 3. The van der Waals surface area contributed by atoms with Gasteiger partial charge in [0.05, 0.1) is 12.7 Å². The molecule has 12 heteroatoms. The first-order valence-corrected chi connectivity index (χ1v) is 8.68. The fourth-order valence-corrected chi connectivity index (χ4v) is 3.71. The average Bonchev–Trinajstić information content (AvgIpc) is 3.23. The first-order valence-electron chi connectivity index (χ1n) is 8.68. The van der Waals surface area contributed by atoms with Crippen LogP contribution in [0.1, 0.15) is 0 Å². The summed E-state index contributed by atoms with van der Waals surface area (Å²) in [7, 11) is 6.47. The molecule has 28 heavy (non-hydrogen) atoms. The molecule has 0 bridgehead atoms. The lowest BCUT2D eigenvalue weighted by Crippen LogP contribution is -2.64. The van der Waals surface area contributed by atoms with Crippen LogP contribution in [0, 0.1) is 0 Å². The zero-order valence-corrected chi connectivity index (χ0v) is 15.9. The number of fused-ring (bicyclic) bond motifs is 2. The van der Waals surface area contributed by atoms with Crippen molar-refractivity contribution in [2.24, 2.45) is 19.1 Å². The largest absolute Gasteiger partial charge is 0.351 e. The molecule has 12 nitrogen and oxygen atoms in total. The highest BCUT2D eigenvalue weighted by atomic mass is 16.2. The van der Waals surface area contributed by atoms with E-state index in [1.165, 1.54) is 33.7 Å². The van der Waals surface area contributed by atoms with Gasteiger partial charge >= 0.3 is 11.7 Å². The molecule has 2 aromatic rings. The fourth-order valence-electron chi connectivity index (χ4n) is 3.71. The molecule has 3 amide bonds. The Morgan fingerprint density at radius 2 is 1.75 bits per heavy atom. The Morgan fingerprint density at radius 1 is 1.04 bits per heavy atom. The molecular formula is C16H20N8O4. The minimum absolute atomic E-state index is 0.0996. The lowest BCUT2D eigenvalue weighted by Gasteiger charge is -2.40. The minimum atomic E-state index is -0.609. The molecule has 4 heterocycles. The van der Waals surface area contributed by atoms with Crippen molar-refractivity contribution in [1.29, 1.82) is 0 Å². The molecule has 4 rings (SSSR count). The molecule has 2 aliphatic rings. The number of aliphatic imine (C=N–C) groups is 1. The van der Waals surface area contributed by atoms with Crippen LogP contribution in [0.2, 0.25) is 0 Å². The summed E-state index contributed by atoms with van der Waals surface area (Å²) in [6.07, 6.45) is 2.41. The Bertz CT molecular complexity index is 1140. The number of aromatic nitrogens is 4. The summed E-state index contributed by atoms with van der Waals surface area (Å²) in [5, 5.41) is 0. The van der Waals surface area contributed by atoms with Gasteiger partial charge in [0.25, 0.3) is 11.5 Å². The van der Waals surface area contributed by atoms with E-state index in [1.54, 1.807) is 26.0 Å². The van der Waals surface area contributed by atoms with Crippen molar-refractivity contribution in [2.75, 3.05) is 20.6 Å². The molecule has 0 spiro atoms. The summed E-state index contributed by atoms with van der Waals surface area (Å²) in [5.41, 5.74) is -0.506. The predicted molar refractivity (Wildman–Crippen MR) is 98.9 cm³/mol. The molecule has 0 aromatic carbocycles. The van der Waals surface area contributed by atoms with Crippen molar-refractivity contribution >= 4 is 29.4 Å². The number of carbonyl (C=O) groups is 2. The monoisotopic (exact) mass is 388 g/mol. The number of imidazole rings is 1. The summed E-state index contributed by atoms with van der Waals surface area (Å²) >= 11 is 0. The molecule has 1 saturated heterocycles. The van der Waals surface area contributed by atoms with Crippen LogP contribution in [0.5, 0.6) is 0 Å². The summed E-state index contributed by atoms with van der Waals surface area (Å²) in [5.74, 6) is -0.403. The van der Waals surface area contributed by atoms with Crippen LogP contribution in [0.4, 0.5) is 4.79 Å². The quantitative estimate of drug-likeness (QED) is 0.600. The third-order valence-corrected chi connectivity index (χ3v) is 5.32. The van der Waals surface area contributed by atoms with Gasteiger partial charge in [-0.25, -0.2) is 19.6 Å². The van der Waals surface area contributed by atoms with Crippen LogP contribution < -0.4 is 11.2 Å². The fraction of sp³-hybridized carbons (Fsp3) is 0.500. The van der Waals surface area contributed by atoms with E-state index in [4.69, 9.17) is 0 Å². The second kappa shape index (κ2) is 6.04. The van der Waals surface area contributed by atoms with Crippen LogP contribution in [0.25, 0.3) is 11.2 Å². The molecule has 0 radical (unpaired) electrons. The second-order valence-electron chi connectivity index (χ2n) is 7.00. The molecule has 0 unspecified atom stereocenters. The number of likely N-dealkylation sites (N-methyl/N-ethyl adjacent to an activating group) is 2. The molecule has 2 aliphatic heterocycles. The number of carbonyl (C=O) groups excluding carboxylic acids is 2.